The molecule has 0 atom stereocenters. The zero-order valence-corrected chi connectivity index (χ0v) is 16.3. The summed E-state index contributed by atoms with van der Waals surface area (Å²) in [6.45, 7) is 4.83. The van der Waals surface area contributed by atoms with Crippen molar-refractivity contribution in [3.05, 3.63) is 36.0 Å². The maximum absolute atomic E-state index is 12.6. The third-order valence-electron chi connectivity index (χ3n) is 6.20. The van der Waals surface area contributed by atoms with E-state index >= 15 is 0 Å². The number of aromatic nitrogens is 1. The van der Waals surface area contributed by atoms with E-state index in [0.29, 0.717) is 25.6 Å². The summed E-state index contributed by atoms with van der Waals surface area (Å²) in [5.41, 5.74) is 7.70. The molecule has 3 N–H and O–H groups in total. The Balaban J connectivity index is 1.22. The van der Waals surface area contributed by atoms with E-state index < -0.39 is 0 Å². The number of hydrogen-bond donors (Lipinski definition) is 2. The Morgan fingerprint density at radius 2 is 1.75 bits per heavy atom. The van der Waals surface area contributed by atoms with Crippen LogP contribution in [0.25, 0.3) is 10.9 Å². The number of aryl methyl sites for hydroxylation is 1. The van der Waals surface area contributed by atoms with Gasteiger partial charge < -0.3 is 20.5 Å². The molecule has 150 valence electrons. The van der Waals surface area contributed by atoms with Crippen LogP contribution in [0.15, 0.2) is 30.5 Å². The zero-order valence-electron chi connectivity index (χ0n) is 16.3. The van der Waals surface area contributed by atoms with Crippen LogP contribution in [0.2, 0.25) is 0 Å². The number of nitrogens with two attached hydrogens (primary N) is 1. The molecule has 0 radical (unpaired) electrons. The van der Waals surface area contributed by atoms with Gasteiger partial charge in [-0.1, -0.05) is 6.07 Å². The SMILES string of the molecule is NC(=O)N1CCN(C2CCN(C(=O)CCc3ccc4[nH]ccc4c3)CC2)CC1. The van der Waals surface area contributed by atoms with Crippen LogP contribution in [-0.4, -0.2) is 76.9 Å². The fraction of sp³-hybridized carbons (Fsp3) is 0.524. The van der Waals surface area contributed by atoms with Crippen LogP contribution in [0.1, 0.15) is 24.8 Å². The van der Waals surface area contributed by atoms with Crippen molar-refractivity contribution in [3.8, 4) is 0 Å². The van der Waals surface area contributed by atoms with Gasteiger partial charge in [0.1, 0.15) is 0 Å². The van der Waals surface area contributed by atoms with E-state index in [-0.39, 0.29) is 11.9 Å². The minimum Gasteiger partial charge on any atom is -0.361 e. The number of amides is 3. The number of carbonyl (C=O) groups is 2. The lowest BCUT2D eigenvalue weighted by Gasteiger charge is -2.42. The predicted molar refractivity (Wildman–Crippen MR) is 109 cm³/mol. The van der Waals surface area contributed by atoms with Gasteiger partial charge in [0.25, 0.3) is 0 Å². The third kappa shape index (κ3) is 4.14. The van der Waals surface area contributed by atoms with Crippen molar-refractivity contribution in [2.24, 2.45) is 5.73 Å². The van der Waals surface area contributed by atoms with E-state index in [0.717, 1.165) is 51.0 Å². The largest absolute Gasteiger partial charge is 0.361 e. The summed E-state index contributed by atoms with van der Waals surface area (Å²) in [6.07, 6.45) is 5.32. The lowest BCUT2D eigenvalue weighted by molar-refractivity contribution is -0.132. The molecule has 28 heavy (non-hydrogen) atoms. The Morgan fingerprint density at radius 1 is 1.00 bits per heavy atom. The molecule has 7 heteroatoms. The molecule has 0 unspecified atom stereocenters. The van der Waals surface area contributed by atoms with Gasteiger partial charge in [0.2, 0.25) is 5.91 Å². The number of likely N-dealkylation sites (tertiary alicyclic amines) is 1. The third-order valence-corrected chi connectivity index (χ3v) is 6.20. The Kier molecular flexibility index (Phi) is 5.52. The van der Waals surface area contributed by atoms with Crippen LogP contribution >= 0.6 is 0 Å². The molecule has 0 saturated carbocycles. The Hall–Kier alpha value is -2.54. The van der Waals surface area contributed by atoms with Crippen LogP contribution in [0.4, 0.5) is 4.79 Å². The quantitative estimate of drug-likeness (QED) is 0.844. The molecule has 1 aromatic carbocycles. The zero-order chi connectivity index (χ0) is 19.5. The number of fused-ring (bicyclic) bond motifs is 1. The van der Waals surface area contributed by atoms with Gasteiger partial charge in [-0.15, -0.1) is 0 Å². The first-order chi connectivity index (χ1) is 13.6. The molecule has 0 bridgehead atoms. The normalized spacial score (nSPS) is 19.3. The number of urea groups is 1. The molecule has 0 spiro atoms. The first kappa shape index (κ1) is 18.8. The van der Waals surface area contributed by atoms with Crippen LogP contribution in [0.5, 0.6) is 0 Å². The Morgan fingerprint density at radius 3 is 2.46 bits per heavy atom. The Labute approximate surface area is 165 Å². The fourth-order valence-electron chi connectivity index (χ4n) is 4.46. The van der Waals surface area contributed by atoms with Crippen LogP contribution < -0.4 is 5.73 Å². The average molecular weight is 383 g/mol. The summed E-state index contributed by atoms with van der Waals surface area (Å²) in [7, 11) is 0. The second-order valence-electron chi connectivity index (χ2n) is 7.87. The lowest BCUT2D eigenvalue weighted by Crippen LogP contribution is -2.55. The van der Waals surface area contributed by atoms with Crippen molar-refractivity contribution in [3.63, 3.8) is 0 Å². The van der Waals surface area contributed by atoms with Gasteiger partial charge in [0.05, 0.1) is 0 Å². The van der Waals surface area contributed by atoms with Crippen LogP contribution in [0, 0.1) is 0 Å². The molecular formula is C21H29N5O2. The van der Waals surface area contributed by atoms with Crippen molar-refractivity contribution in [1.29, 1.82) is 0 Å². The number of piperidine rings is 1. The molecule has 2 aromatic rings. The second-order valence-corrected chi connectivity index (χ2v) is 7.87. The summed E-state index contributed by atoms with van der Waals surface area (Å²) >= 11 is 0. The number of benzene rings is 1. The molecule has 1 aromatic heterocycles. The van der Waals surface area contributed by atoms with E-state index in [9.17, 15) is 9.59 Å². The van der Waals surface area contributed by atoms with E-state index in [4.69, 9.17) is 5.73 Å². The van der Waals surface area contributed by atoms with Crippen LogP contribution in [-0.2, 0) is 11.2 Å². The van der Waals surface area contributed by atoms with Crippen molar-refractivity contribution in [2.45, 2.75) is 31.7 Å². The molecule has 2 aliphatic rings. The van der Waals surface area contributed by atoms with Gasteiger partial charge in [-0.3, -0.25) is 9.69 Å². The number of carbonyl (C=O) groups excluding carboxylic acids is 2. The molecule has 2 saturated heterocycles. The van der Waals surface area contributed by atoms with Crippen molar-refractivity contribution in [2.75, 3.05) is 39.3 Å². The van der Waals surface area contributed by atoms with Crippen molar-refractivity contribution in [1.82, 2.24) is 19.7 Å². The highest BCUT2D eigenvalue weighted by molar-refractivity contribution is 5.80. The summed E-state index contributed by atoms with van der Waals surface area (Å²) in [6, 6.07) is 8.60. The van der Waals surface area contributed by atoms with Gasteiger partial charge in [-0.05, 0) is 48.4 Å². The van der Waals surface area contributed by atoms with E-state index in [1.165, 1.54) is 10.9 Å². The molecule has 7 nitrogen and oxygen atoms in total. The number of piperazine rings is 1. The van der Waals surface area contributed by atoms with Crippen LogP contribution in [0.3, 0.4) is 0 Å². The Bertz CT molecular complexity index is 832. The van der Waals surface area contributed by atoms with Gasteiger partial charge in [0.15, 0.2) is 0 Å². The van der Waals surface area contributed by atoms with Crippen molar-refractivity contribution < 1.29 is 9.59 Å². The molecular weight excluding hydrogens is 354 g/mol. The number of H-pyrrole nitrogens is 1. The highest BCUT2D eigenvalue weighted by atomic mass is 16.2. The van der Waals surface area contributed by atoms with Gasteiger partial charge in [-0.2, -0.15) is 0 Å². The van der Waals surface area contributed by atoms with E-state index in [1.807, 2.05) is 11.1 Å². The van der Waals surface area contributed by atoms with Gasteiger partial charge in [-0.25, -0.2) is 4.79 Å². The van der Waals surface area contributed by atoms with Gasteiger partial charge in [0, 0.05) is 63.4 Å². The maximum atomic E-state index is 12.6. The number of rotatable bonds is 4. The standard InChI is InChI=1S/C21H29N5O2/c22-21(28)26-13-11-24(12-14-26)18-6-9-25(10-7-18)20(27)4-2-16-1-3-19-17(15-16)5-8-23-19/h1,3,5,8,15,18,23H,2,4,6-7,9-14H2,(H2,22,28). The summed E-state index contributed by atoms with van der Waals surface area (Å²) in [5.74, 6) is 0.256. The highest BCUT2D eigenvalue weighted by Gasteiger charge is 2.29. The number of primary amides is 1. The molecule has 4 rings (SSSR count). The first-order valence-corrected chi connectivity index (χ1v) is 10.2. The topological polar surface area (TPSA) is 85.7 Å². The number of hydrogen-bond acceptors (Lipinski definition) is 3. The minimum atomic E-state index is -0.323. The second kappa shape index (κ2) is 8.22. The molecule has 3 heterocycles. The summed E-state index contributed by atoms with van der Waals surface area (Å²) in [5, 5.41) is 1.20. The molecule has 3 amide bonds. The average Bonchev–Trinajstić information content (AvgIpc) is 3.20. The molecule has 2 fully saturated rings. The monoisotopic (exact) mass is 383 g/mol. The molecule has 2 aliphatic heterocycles. The maximum Gasteiger partial charge on any atom is 0.314 e. The highest BCUT2D eigenvalue weighted by Crippen LogP contribution is 2.20. The fourth-order valence-corrected chi connectivity index (χ4v) is 4.46. The van der Waals surface area contributed by atoms with Gasteiger partial charge >= 0.3 is 6.03 Å². The number of aromatic amines is 1. The first-order valence-electron chi connectivity index (χ1n) is 10.2. The number of nitrogens with zero attached hydrogens (tertiary/aromatic N) is 3. The lowest BCUT2D eigenvalue weighted by atomic mass is 10.0. The smallest absolute Gasteiger partial charge is 0.314 e. The minimum absolute atomic E-state index is 0.256. The number of nitrogens with one attached hydrogen (secondary N) is 1. The summed E-state index contributed by atoms with van der Waals surface area (Å²) < 4.78 is 0. The van der Waals surface area contributed by atoms with E-state index in [2.05, 4.69) is 34.1 Å². The van der Waals surface area contributed by atoms with Crippen molar-refractivity contribution >= 4 is 22.8 Å². The summed E-state index contributed by atoms with van der Waals surface area (Å²) in [4.78, 5) is 33.3. The predicted octanol–water partition coefficient (Wildman–Crippen LogP) is 1.79. The van der Waals surface area contributed by atoms with E-state index in [1.54, 1.807) is 4.90 Å². The molecule has 0 aliphatic carbocycles.